The Morgan fingerprint density at radius 1 is 1.39 bits per heavy atom. The van der Waals surface area contributed by atoms with Crippen molar-refractivity contribution in [3.8, 4) is 5.75 Å². The van der Waals surface area contributed by atoms with E-state index in [1.54, 1.807) is 13.0 Å². The summed E-state index contributed by atoms with van der Waals surface area (Å²) in [5.74, 6) is 0.607. The lowest BCUT2D eigenvalue weighted by Crippen LogP contribution is -2.40. The molecule has 0 radical (unpaired) electrons. The van der Waals surface area contributed by atoms with Gasteiger partial charge in [-0.2, -0.15) is 13.2 Å². The first-order chi connectivity index (χ1) is 10.6. The molecule has 2 atom stereocenters. The quantitative estimate of drug-likeness (QED) is 0.749. The minimum absolute atomic E-state index is 0.288. The number of ether oxygens (including phenoxy) is 1. The maximum Gasteiger partial charge on any atom is 0.414 e. The fourth-order valence-corrected chi connectivity index (χ4v) is 2.00. The summed E-state index contributed by atoms with van der Waals surface area (Å²) in [6.45, 7) is 3.35. The summed E-state index contributed by atoms with van der Waals surface area (Å²) in [4.78, 5) is 11.7. The van der Waals surface area contributed by atoms with E-state index in [1.165, 1.54) is 7.11 Å². The van der Waals surface area contributed by atoms with Crippen LogP contribution in [0.3, 0.4) is 0 Å². The van der Waals surface area contributed by atoms with Crippen LogP contribution in [0.5, 0.6) is 5.75 Å². The van der Waals surface area contributed by atoms with Gasteiger partial charge in [-0.05, 0) is 26.3 Å². The molecule has 8 heteroatoms. The highest BCUT2D eigenvalue weighted by atomic mass is 19.4. The van der Waals surface area contributed by atoms with Crippen molar-refractivity contribution in [3.05, 3.63) is 29.3 Å². The number of nitrogens with one attached hydrogen (secondary N) is 2. The molecule has 0 aromatic heterocycles. The zero-order chi connectivity index (χ0) is 17.6. The monoisotopic (exact) mass is 334 g/mol. The number of carbonyl (C=O) groups excluding carboxylic acids is 1. The van der Waals surface area contributed by atoms with Crippen LogP contribution in [0, 0.1) is 6.92 Å². The molecule has 5 nitrogen and oxygen atoms in total. The second-order valence-electron chi connectivity index (χ2n) is 5.21. The maximum absolute atomic E-state index is 12.1. The van der Waals surface area contributed by atoms with E-state index in [-0.39, 0.29) is 6.54 Å². The van der Waals surface area contributed by atoms with Crippen molar-refractivity contribution in [3.63, 3.8) is 0 Å². The fraction of sp³-hybridized carbons (Fsp3) is 0.533. The Labute approximate surface area is 132 Å². The molecule has 0 heterocycles. The minimum Gasteiger partial charge on any atom is -0.496 e. The normalized spacial score (nSPS) is 14.0. The van der Waals surface area contributed by atoms with Crippen molar-refractivity contribution < 1.29 is 27.8 Å². The Bertz CT molecular complexity index is 535. The summed E-state index contributed by atoms with van der Waals surface area (Å²) in [6, 6.07) is 4.50. The van der Waals surface area contributed by atoms with Gasteiger partial charge in [0.1, 0.15) is 5.75 Å². The van der Waals surface area contributed by atoms with Gasteiger partial charge in [-0.25, -0.2) is 4.79 Å². The number of rotatable bonds is 6. The molecule has 1 aromatic rings. The summed E-state index contributed by atoms with van der Waals surface area (Å²) < 4.78 is 41.6. The average molecular weight is 334 g/mol. The summed E-state index contributed by atoms with van der Waals surface area (Å²) in [5.41, 5.74) is 1.75. The molecule has 0 fully saturated rings. The van der Waals surface area contributed by atoms with Crippen LogP contribution in [-0.4, -0.2) is 37.1 Å². The van der Waals surface area contributed by atoms with Crippen LogP contribution in [0.1, 0.15) is 30.5 Å². The molecule has 1 aromatic carbocycles. The molecule has 0 aliphatic carbocycles. The first kappa shape index (κ1) is 19.1. The van der Waals surface area contributed by atoms with E-state index in [0.29, 0.717) is 5.75 Å². The van der Waals surface area contributed by atoms with Gasteiger partial charge in [-0.1, -0.05) is 17.7 Å². The zero-order valence-electron chi connectivity index (χ0n) is 13.2. The number of urea groups is 1. The lowest BCUT2D eigenvalue weighted by Gasteiger charge is -2.19. The maximum atomic E-state index is 12.1. The zero-order valence-corrected chi connectivity index (χ0v) is 13.2. The molecule has 3 N–H and O–H groups in total. The van der Waals surface area contributed by atoms with Gasteiger partial charge in [-0.3, -0.25) is 0 Å². The van der Waals surface area contributed by atoms with Crippen LogP contribution in [0.15, 0.2) is 18.2 Å². The van der Waals surface area contributed by atoms with Crippen LogP contribution in [-0.2, 0) is 0 Å². The Balaban J connectivity index is 2.53. The second kappa shape index (κ2) is 8.05. The van der Waals surface area contributed by atoms with Gasteiger partial charge in [-0.15, -0.1) is 0 Å². The van der Waals surface area contributed by atoms with Crippen molar-refractivity contribution >= 4 is 6.03 Å². The lowest BCUT2D eigenvalue weighted by atomic mass is 10.0. The van der Waals surface area contributed by atoms with Crippen molar-refractivity contribution in [2.24, 2.45) is 0 Å². The summed E-state index contributed by atoms with van der Waals surface area (Å²) in [7, 11) is 1.51. The van der Waals surface area contributed by atoms with Gasteiger partial charge in [0.15, 0.2) is 6.10 Å². The number of halogens is 3. The smallest absolute Gasteiger partial charge is 0.414 e. The topological polar surface area (TPSA) is 70.6 Å². The van der Waals surface area contributed by atoms with Crippen molar-refractivity contribution in [1.29, 1.82) is 0 Å². The highest BCUT2D eigenvalue weighted by Crippen LogP contribution is 2.26. The van der Waals surface area contributed by atoms with Crippen LogP contribution < -0.4 is 15.4 Å². The number of methoxy groups -OCH3 is 1. The van der Waals surface area contributed by atoms with E-state index in [0.717, 1.165) is 11.1 Å². The second-order valence-corrected chi connectivity index (χ2v) is 5.21. The average Bonchev–Trinajstić information content (AvgIpc) is 2.45. The van der Waals surface area contributed by atoms with Crippen LogP contribution >= 0.6 is 0 Å². The Hall–Kier alpha value is -1.96. The predicted octanol–water partition coefficient (Wildman–Crippen LogP) is 2.68. The van der Waals surface area contributed by atoms with Crippen molar-refractivity contribution in [1.82, 2.24) is 10.6 Å². The Morgan fingerprint density at radius 2 is 2.04 bits per heavy atom. The van der Waals surface area contributed by atoms with Gasteiger partial charge >= 0.3 is 12.2 Å². The first-order valence-corrected chi connectivity index (χ1v) is 7.08. The molecule has 2 amide bonds. The molecule has 0 aliphatic heterocycles. The predicted molar refractivity (Wildman–Crippen MR) is 79.4 cm³/mol. The van der Waals surface area contributed by atoms with Gasteiger partial charge in [0.2, 0.25) is 0 Å². The number of hydrogen-bond acceptors (Lipinski definition) is 3. The number of aryl methyl sites for hydroxylation is 1. The molecule has 23 heavy (non-hydrogen) atoms. The highest BCUT2D eigenvalue weighted by molar-refractivity contribution is 5.74. The molecule has 0 aliphatic rings. The first-order valence-electron chi connectivity index (χ1n) is 7.08. The Morgan fingerprint density at radius 3 is 2.61 bits per heavy atom. The van der Waals surface area contributed by atoms with E-state index in [1.807, 2.05) is 19.1 Å². The van der Waals surface area contributed by atoms with E-state index in [4.69, 9.17) is 9.84 Å². The van der Waals surface area contributed by atoms with E-state index >= 15 is 0 Å². The summed E-state index contributed by atoms with van der Waals surface area (Å²) >= 11 is 0. The van der Waals surface area contributed by atoms with Gasteiger partial charge in [0, 0.05) is 12.1 Å². The van der Waals surface area contributed by atoms with Crippen molar-refractivity contribution in [2.75, 3.05) is 13.7 Å². The van der Waals surface area contributed by atoms with Crippen LogP contribution in [0.2, 0.25) is 0 Å². The number of aliphatic hydroxyl groups is 1. The lowest BCUT2D eigenvalue weighted by molar-refractivity contribution is -0.204. The molecule has 0 spiro atoms. The number of benzene rings is 1. The Kier molecular flexibility index (Phi) is 6.68. The molecule has 130 valence electrons. The molecular weight excluding hydrogens is 313 g/mol. The molecular formula is C15H21F3N2O3. The standard InChI is InChI=1S/C15H21F3N2O3/c1-9-4-5-12(23-3)11(8-9)10(2)20-14(22)19-7-6-13(21)15(16,17)18/h4-5,8,10,13,21H,6-7H2,1-3H3,(H2,19,20,22)/t10-,13-/m1/s1. The SMILES string of the molecule is COc1ccc(C)cc1[C@@H](C)NC(=O)NCC[C@@H](O)C(F)(F)F. The molecule has 0 saturated carbocycles. The van der Waals surface area contributed by atoms with Crippen LogP contribution in [0.25, 0.3) is 0 Å². The largest absolute Gasteiger partial charge is 0.496 e. The third-order valence-electron chi connectivity index (χ3n) is 3.28. The van der Waals surface area contributed by atoms with E-state index in [2.05, 4.69) is 10.6 Å². The third-order valence-corrected chi connectivity index (χ3v) is 3.28. The van der Waals surface area contributed by atoms with Gasteiger partial charge in [0.05, 0.1) is 13.2 Å². The van der Waals surface area contributed by atoms with E-state index in [9.17, 15) is 18.0 Å². The number of hydrogen-bond donors (Lipinski definition) is 3. The van der Waals surface area contributed by atoms with E-state index < -0.39 is 30.8 Å². The fourth-order valence-electron chi connectivity index (χ4n) is 2.00. The molecule has 0 bridgehead atoms. The minimum atomic E-state index is -4.68. The molecule has 0 unspecified atom stereocenters. The van der Waals surface area contributed by atoms with Gasteiger partial charge in [0.25, 0.3) is 0 Å². The summed E-state index contributed by atoms with van der Waals surface area (Å²) in [6.07, 6.45) is -7.73. The third kappa shape index (κ3) is 5.97. The van der Waals surface area contributed by atoms with Gasteiger partial charge < -0.3 is 20.5 Å². The number of aliphatic hydroxyl groups excluding tert-OH is 1. The number of amides is 2. The summed E-state index contributed by atoms with van der Waals surface area (Å²) in [5, 5.41) is 13.7. The number of alkyl halides is 3. The van der Waals surface area contributed by atoms with Crippen LogP contribution in [0.4, 0.5) is 18.0 Å². The highest BCUT2D eigenvalue weighted by Gasteiger charge is 2.37. The van der Waals surface area contributed by atoms with Crippen molar-refractivity contribution in [2.45, 2.75) is 38.6 Å². The number of carbonyl (C=O) groups is 1. The molecule has 1 rings (SSSR count). The molecule has 0 saturated heterocycles.